The average Bonchev–Trinajstić information content (AvgIpc) is 2.99. The van der Waals surface area contributed by atoms with Crippen LogP contribution in [0.2, 0.25) is 0 Å². The maximum absolute atomic E-state index is 14.3. The van der Waals surface area contributed by atoms with Crippen LogP contribution in [0.1, 0.15) is 134 Å². The van der Waals surface area contributed by atoms with Crippen LogP contribution in [0, 0.1) is 30.6 Å². The van der Waals surface area contributed by atoms with E-state index in [9.17, 15) is 19.8 Å². The molecule has 0 saturated heterocycles. The molecule has 0 bridgehead atoms. The quantitative estimate of drug-likeness (QED) is 0.260. The molecule has 8 rings (SSSR count). The fraction of sp³-hybridized carbons (Fsp3) is 0.629. The van der Waals surface area contributed by atoms with Crippen LogP contribution in [0.4, 0.5) is 0 Å². The summed E-state index contributed by atoms with van der Waals surface area (Å²) >= 11 is 0. The normalized spacial score (nSPS) is 35.0. The van der Waals surface area contributed by atoms with Crippen LogP contribution < -0.4 is 0 Å². The third-order valence-corrected chi connectivity index (χ3v) is 12.2. The Balaban J connectivity index is 1.26. The Kier molecular flexibility index (Phi) is 6.11. The molecule has 6 heteroatoms. The minimum atomic E-state index is -0.749. The Labute approximate surface area is 242 Å². The zero-order chi connectivity index (χ0) is 28.0. The van der Waals surface area contributed by atoms with Gasteiger partial charge >= 0.3 is 12.1 Å². The van der Waals surface area contributed by atoms with Crippen molar-refractivity contribution in [3.8, 4) is 0 Å². The molecule has 216 valence electrons. The van der Waals surface area contributed by atoms with Gasteiger partial charge in [-0.05, 0) is 87.0 Å². The number of imide groups is 1. The minimum absolute atomic E-state index is 0.0296. The molecule has 7 unspecified atom stereocenters. The maximum atomic E-state index is 14.3. The molecule has 0 radical (unpaired) electrons. The number of amides is 2. The predicted octanol–water partition coefficient (Wildman–Crippen LogP) is 6.52. The Morgan fingerprint density at radius 3 is 2.20 bits per heavy atom. The van der Waals surface area contributed by atoms with E-state index in [1.54, 1.807) is 4.90 Å². The Morgan fingerprint density at radius 2 is 1.41 bits per heavy atom. The number of hydrogen-bond donors (Lipinski definition) is 1. The average molecular weight is 557 g/mol. The Bertz CT molecular complexity index is 1490. The van der Waals surface area contributed by atoms with E-state index in [1.165, 1.54) is 57.8 Å². The maximum Gasteiger partial charge on any atom is 0.380 e. The first-order valence-electron chi connectivity index (χ1n) is 16.5. The number of rotatable bonds is 2. The van der Waals surface area contributed by atoms with Crippen molar-refractivity contribution in [3.05, 3.63) is 46.0 Å². The van der Waals surface area contributed by atoms with Gasteiger partial charge in [0.1, 0.15) is 5.56 Å². The molecule has 7 atom stereocenters. The fourth-order valence-corrected chi connectivity index (χ4v) is 10.5. The Morgan fingerprint density at radius 1 is 0.780 bits per heavy atom. The van der Waals surface area contributed by atoms with E-state index in [-0.39, 0.29) is 29.8 Å². The summed E-state index contributed by atoms with van der Waals surface area (Å²) in [7, 11) is 0. The van der Waals surface area contributed by atoms with Crippen LogP contribution in [0.15, 0.2) is 18.2 Å². The molecule has 2 aromatic carbocycles. The van der Waals surface area contributed by atoms with Gasteiger partial charge in [-0.25, -0.2) is 0 Å². The molecule has 6 aliphatic rings. The second kappa shape index (κ2) is 9.65. The van der Waals surface area contributed by atoms with Gasteiger partial charge < -0.3 is 10.2 Å². The van der Waals surface area contributed by atoms with E-state index >= 15 is 0 Å². The van der Waals surface area contributed by atoms with Crippen molar-refractivity contribution in [1.29, 1.82) is 0 Å². The minimum Gasteiger partial charge on any atom is -0.460 e. The molecule has 2 aromatic rings. The first-order valence-corrected chi connectivity index (χ1v) is 16.5. The monoisotopic (exact) mass is 556 g/mol. The molecular weight excluding hydrogens is 512 g/mol. The molecule has 3 N–H and O–H groups in total. The van der Waals surface area contributed by atoms with Crippen LogP contribution in [-0.2, 0) is 0 Å². The molecule has 2 heterocycles. The molecule has 6 nitrogen and oxygen atoms in total. The van der Waals surface area contributed by atoms with Crippen LogP contribution in [0.3, 0.4) is 0 Å². The number of carbonyl (C=O) groups excluding carboxylic acids is 2. The van der Waals surface area contributed by atoms with E-state index < -0.39 is 6.23 Å². The fourth-order valence-electron chi connectivity index (χ4n) is 10.5. The van der Waals surface area contributed by atoms with Crippen LogP contribution in [0.5, 0.6) is 0 Å². The van der Waals surface area contributed by atoms with Gasteiger partial charge in [0.05, 0.1) is 11.1 Å². The van der Waals surface area contributed by atoms with Crippen molar-refractivity contribution in [3.63, 3.8) is 0 Å². The van der Waals surface area contributed by atoms with Crippen LogP contribution in [0.25, 0.3) is 10.8 Å². The zero-order valence-corrected chi connectivity index (χ0v) is 24.3. The lowest BCUT2D eigenvalue weighted by molar-refractivity contribution is -0.663. The van der Waals surface area contributed by atoms with Crippen molar-refractivity contribution in [2.24, 2.45) is 23.7 Å². The zero-order valence-electron chi connectivity index (χ0n) is 24.3. The van der Waals surface area contributed by atoms with Gasteiger partial charge in [-0.2, -0.15) is 0 Å². The summed E-state index contributed by atoms with van der Waals surface area (Å²) in [6, 6.07) is 5.90. The highest BCUT2D eigenvalue weighted by atomic mass is 16.3. The molecule has 0 spiro atoms. The lowest BCUT2D eigenvalue weighted by Gasteiger charge is -2.46. The number of aryl methyl sites for hydroxylation is 1. The molecule has 4 aliphatic carbocycles. The lowest BCUT2D eigenvalue weighted by atomic mass is 9.67. The number of benzene rings is 2. The van der Waals surface area contributed by atoms with Gasteiger partial charge in [-0.1, -0.05) is 44.9 Å². The van der Waals surface area contributed by atoms with Crippen molar-refractivity contribution in [2.45, 2.75) is 115 Å². The smallest absolute Gasteiger partial charge is 0.380 e. The van der Waals surface area contributed by atoms with Gasteiger partial charge in [-0.15, -0.1) is 4.58 Å². The summed E-state index contributed by atoms with van der Waals surface area (Å²) in [5, 5.41) is 22.8. The van der Waals surface area contributed by atoms with E-state index in [2.05, 4.69) is 0 Å². The number of fused-ring (bicyclic) bond motifs is 2. The highest BCUT2D eigenvalue weighted by Crippen LogP contribution is 2.48. The van der Waals surface area contributed by atoms with Crippen molar-refractivity contribution in [2.75, 3.05) is 0 Å². The molecule has 4 fully saturated rings. The number of aliphatic hydroxyl groups excluding tert-OH is 1. The standard InChI is InChI=1S/C35H42N2O4/c1-19-18-26-30-24(32(38)36(34(26)40)27-14-6-10-20-8-2-4-12-22(20)27)16-17-25-31(30)29(19)35(41)37(33(25)39)28-15-7-11-21-9-3-5-13-23(21)28/h16-18,20-23,27-28,34,40H,2-15H2,1H3/p+2. The Hall–Kier alpha value is -2.73. The first-order chi connectivity index (χ1) is 20.0. The number of carbonyl (C=O) groups is 2. The highest BCUT2D eigenvalue weighted by molar-refractivity contribution is 6.28. The van der Waals surface area contributed by atoms with Crippen LogP contribution >= 0.6 is 0 Å². The van der Waals surface area contributed by atoms with E-state index in [4.69, 9.17) is 0 Å². The summed E-state index contributed by atoms with van der Waals surface area (Å²) in [5.41, 5.74) is 3.53. The van der Waals surface area contributed by atoms with Gasteiger partial charge in [0.2, 0.25) is 0 Å². The second-order valence-corrected chi connectivity index (χ2v) is 14.1. The predicted molar refractivity (Wildman–Crippen MR) is 159 cm³/mol. The molecule has 2 amide bonds. The van der Waals surface area contributed by atoms with Gasteiger partial charge in [0.15, 0.2) is 6.04 Å². The third-order valence-electron chi connectivity index (χ3n) is 12.2. The van der Waals surface area contributed by atoms with Gasteiger partial charge in [0, 0.05) is 34.7 Å². The molecule has 2 aliphatic heterocycles. The summed E-state index contributed by atoms with van der Waals surface area (Å²) < 4.78 is 1.99. The topological polar surface area (TPSA) is 83.5 Å². The third kappa shape index (κ3) is 3.68. The summed E-state index contributed by atoms with van der Waals surface area (Å²) in [6.07, 6.45) is 15.6. The van der Waals surface area contributed by atoms with E-state index in [1.807, 2.05) is 29.7 Å². The number of hydrogen-bond acceptors (Lipinski definition) is 2. The van der Waals surface area contributed by atoms with Gasteiger partial charge in [-0.3, -0.25) is 14.5 Å². The van der Waals surface area contributed by atoms with E-state index in [0.29, 0.717) is 45.7 Å². The summed E-state index contributed by atoms with van der Waals surface area (Å²) in [4.78, 5) is 30.2. The highest BCUT2D eigenvalue weighted by Gasteiger charge is 2.51. The number of nitrogens with zero attached hydrogens (tertiary/aromatic N) is 2. The van der Waals surface area contributed by atoms with Crippen molar-refractivity contribution in [1.82, 2.24) is 4.90 Å². The summed E-state index contributed by atoms with van der Waals surface area (Å²) in [6.45, 7) is 1.98. The number of aliphatic hydroxyl groups is 1. The molecular formula is C35H44N2O4+2. The molecule has 41 heavy (non-hydrogen) atoms. The van der Waals surface area contributed by atoms with Crippen molar-refractivity contribution < 1.29 is 24.4 Å². The van der Waals surface area contributed by atoms with Gasteiger partial charge in [0.25, 0.3) is 11.8 Å². The second-order valence-electron chi connectivity index (χ2n) is 14.1. The van der Waals surface area contributed by atoms with Crippen LogP contribution in [-0.4, -0.2) is 49.5 Å². The lowest BCUT2D eigenvalue weighted by Crippen LogP contribution is -2.53. The summed E-state index contributed by atoms with van der Waals surface area (Å²) in [5.74, 6) is 2.04. The largest absolute Gasteiger partial charge is 0.460 e. The van der Waals surface area contributed by atoms with Crippen molar-refractivity contribution >= 4 is 28.5 Å². The first kappa shape index (κ1) is 25.9. The molecule has 4 saturated carbocycles. The molecule has 0 aromatic heterocycles. The van der Waals surface area contributed by atoms with E-state index in [0.717, 1.165) is 48.6 Å². The SMILES string of the molecule is Cc1cc2c3c(ccc4c3c1C(=O)N(C1CCCC3CCCCC31)C4=O)C(O)=[N+](C1CCCC3CCCCC31)C2[OH2+].